The van der Waals surface area contributed by atoms with E-state index in [1.807, 2.05) is 30.3 Å². The Bertz CT molecular complexity index is 472. The van der Waals surface area contributed by atoms with Gasteiger partial charge in [-0.1, -0.05) is 43.7 Å². The molecule has 1 aliphatic rings. The van der Waals surface area contributed by atoms with Crippen LogP contribution in [0.25, 0.3) is 0 Å². The van der Waals surface area contributed by atoms with Gasteiger partial charge in [0, 0.05) is 18.9 Å². The Kier molecular flexibility index (Phi) is 5.78. The summed E-state index contributed by atoms with van der Waals surface area (Å²) in [5.41, 5.74) is 0.952. The molecule has 1 amide bonds. The highest BCUT2D eigenvalue weighted by Crippen LogP contribution is 2.29. The Balaban J connectivity index is 1.76. The number of benzene rings is 1. The second kappa shape index (κ2) is 7.81. The molecule has 1 saturated carbocycles. The molecule has 4 nitrogen and oxygen atoms in total. The molecule has 1 aromatic carbocycles. The van der Waals surface area contributed by atoms with Crippen LogP contribution in [-0.4, -0.2) is 18.4 Å². The van der Waals surface area contributed by atoms with Crippen LogP contribution in [0.2, 0.25) is 0 Å². The molecule has 1 fully saturated rings. The summed E-state index contributed by atoms with van der Waals surface area (Å²) >= 11 is 0. The molecule has 2 rings (SSSR count). The third-order valence-electron chi connectivity index (χ3n) is 4.18. The summed E-state index contributed by atoms with van der Waals surface area (Å²) in [6.07, 6.45) is 3.23. The lowest BCUT2D eigenvalue weighted by Gasteiger charge is -2.29. The average Bonchev–Trinajstić information content (AvgIpc) is 2.52. The van der Waals surface area contributed by atoms with Gasteiger partial charge in [0.1, 0.15) is 12.4 Å². The highest BCUT2D eigenvalue weighted by atomic mass is 16.5. The summed E-state index contributed by atoms with van der Waals surface area (Å²) in [5, 5.41) is 2.74. The van der Waals surface area contributed by atoms with Crippen molar-refractivity contribution in [2.45, 2.75) is 39.2 Å². The number of rotatable bonds is 5. The van der Waals surface area contributed by atoms with E-state index < -0.39 is 6.09 Å². The Hall–Kier alpha value is -1.84. The fraction of sp³-hybridized carbons (Fsp3) is 0.529. The monoisotopic (exact) mass is 289 g/mol. The molecular formula is C17H23NO3. The SMILES string of the molecule is CC[C@@H]1CCCC(=O)[C@H]1CNC(=O)OCc1ccccc1. The Morgan fingerprint density at radius 2 is 2.10 bits per heavy atom. The van der Waals surface area contributed by atoms with Crippen molar-refractivity contribution in [1.82, 2.24) is 5.32 Å². The molecule has 0 saturated heterocycles. The van der Waals surface area contributed by atoms with Gasteiger partial charge in [-0.2, -0.15) is 0 Å². The quantitative estimate of drug-likeness (QED) is 0.904. The van der Waals surface area contributed by atoms with Gasteiger partial charge >= 0.3 is 6.09 Å². The zero-order chi connectivity index (χ0) is 15.1. The summed E-state index contributed by atoms with van der Waals surface area (Å²) in [5.74, 6) is 0.616. The number of alkyl carbamates (subject to hydrolysis) is 1. The predicted molar refractivity (Wildman–Crippen MR) is 80.8 cm³/mol. The van der Waals surface area contributed by atoms with Crippen molar-refractivity contribution in [3.8, 4) is 0 Å². The number of hydrogen-bond acceptors (Lipinski definition) is 3. The van der Waals surface area contributed by atoms with Crippen LogP contribution in [0.5, 0.6) is 0 Å². The minimum Gasteiger partial charge on any atom is -0.445 e. The molecule has 114 valence electrons. The van der Waals surface area contributed by atoms with Crippen molar-refractivity contribution in [3.63, 3.8) is 0 Å². The number of Topliss-reactive ketones (excluding diaryl/α,β-unsaturated/α-hetero) is 1. The summed E-state index contributed by atoms with van der Waals surface area (Å²) in [6.45, 7) is 2.75. The second-order valence-corrected chi connectivity index (χ2v) is 5.58. The first-order valence-electron chi connectivity index (χ1n) is 7.68. The number of nitrogens with one attached hydrogen (secondary N) is 1. The molecule has 4 heteroatoms. The van der Waals surface area contributed by atoms with Gasteiger partial charge in [0.2, 0.25) is 0 Å². The fourth-order valence-corrected chi connectivity index (χ4v) is 2.92. The largest absolute Gasteiger partial charge is 0.445 e. The molecule has 0 spiro atoms. The highest BCUT2D eigenvalue weighted by Gasteiger charge is 2.30. The molecular weight excluding hydrogens is 266 g/mol. The molecule has 0 radical (unpaired) electrons. The van der Waals surface area contributed by atoms with Crippen LogP contribution in [0.15, 0.2) is 30.3 Å². The first-order valence-corrected chi connectivity index (χ1v) is 7.68. The average molecular weight is 289 g/mol. The maximum Gasteiger partial charge on any atom is 0.407 e. The van der Waals surface area contributed by atoms with Crippen LogP contribution in [0.3, 0.4) is 0 Å². The van der Waals surface area contributed by atoms with E-state index in [9.17, 15) is 9.59 Å². The number of ether oxygens (including phenoxy) is 1. The third-order valence-corrected chi connectivity index (χ3v) is 4.18. The van der Waals surface area contributed by atoms with E-state index in [0.717, 1.165) is 24.8 Å². The predicted octanol–water partition coefficient (Wildman–Crippen LogP) is 3.31. The maximum atomic E-state index is 12.0. The van der Waals surface area contributed by atoms with Crippen LogP contribution >= 0.6 is 0 Å². The van der Waals surface area contributed by atoms with Gasteiger partial charge in [-0.25, -0.2) is 4.79 Å². The normalized spacial score (nSPS) is 21.9. The molecule has 0 bridgehead atoms. The van der Waals surface area contributed by atoms with Crippen molar-refractivity contribution < 1.29 is 14.3 Å². The van der Waals surface area contributed by atoms with E-state index in [4.69, 9.17) is 4.74 Å². The number of hydrogen-bond donors (Lipinski definition) is 1. The summed E-state index contributed by atoms with van der Waals surface area (Å²) in [7, 11) is 0. The van der Waals surface area contributed by atoms with E-state index >= 15 is 0 Å². The second-order valence-electron chi connectivity index (χ2n) is 5.58. The van der Waals surface area contributed by atoms with E-state index in [-0.39, 0.29) is 18.3 Å². The van der Waals surface area contributed by atoms with Crippen LogP contribution in [-0.2, 0) is 16.1 Å². The van der Waals surface area contributed by atoms with Crippen molar-refractivity contribution in [2.75, 3.05) is 6.54 Å². The van der Waals surface area contributed by atoms with Crippen molar-refractivity contribution in [3.05, 3.63) is 35.9 Å². The standard InChI is InChI=1S/C17H23NO3/c1-2-14-9-6-10-16(19)15(14)11-18-17(20)21-12-13-7-4-3-5-8-13/h3-5,7-8,14-15H,2,6,9-12H2,1H3,(H,18,20)/t14-,15+/m1/s1. The molecule has 1 aromatic rings. The first-order chi connectivity index (χ1) is 10.2. The molecule has 0 aromatic heterocycles. The highest BCUT2D eigenvalue weighted by molar-refractivity contribution is 5.82. The summed E-state index contributed by atoms with van der Waals surface area (Å²) < 4.78 is 5.16. The van der Waals surface area contributed by atoms with Crippen molar-refractivity contribution in [2.24, 2.45) is 11.8 Å². The van der Waals surface area contributed by atoms with E-state index in [0.29, 0.717) is 18.9 Å². The Morgan fingerprint density at radius 1 is 1.33 bits per heavy atom. The van der Waals surface area contributed by atoms with Gasteiger partial charge in [0.15, 0.2) is 0 Å². The van der Waals surface area contributed by atoms with Gasteiger partial charge in [-0.15, -0.1) is 0 Å². The van der Waals surface area contributed by atoms with E-state index in [1.165, 1.54) is 0 Å². The van der Waals surface area contributed by atoms with Crippen LogP contribution in [0, 0.1) is 11.8 Å². The smallest absolute Gasteiger partial charge is 0.407 e. The number of carbonyl (C=O) groups is 2. The molecule has 1 aliphatic carbocycles. The first kappa shape index (κ1) is 15.5. The van der Waals surface area contributed by atoms with Gasteiger partial charge in [-0.05, 0) is 24.3 Å². The minimum atomic E-state index is -0.452. The van der Waals surface area contributed by atoms with Gasteiger partial charge in [-0.3, -0.25) is 4.79 Å². The molecule has 1 N–H and O–H groups in total. The number of carbonyl (C=O) groups excluding carboxylic acids is 2. The minimum absolute atomic E-state index is 0.0481. The number of amides is 1. The van der Waals surface area contributed by atoms with Crippen LogP contribution < -0.4 is 5.32 Å². The molecule has 0 aliphatic heterocycles. The van der Waals surface area contributed by atoms with Gasteiger partial charge < -0.3 is 10.1 Å². The Morgan fingerprint density at radius 3 is 2.81 bits per heavy atom. The lowest BCUT2D eigenvalue weighted by molar-refractivity contribution is -0.126. The molecule has 0 heterocycles. The fourth-order valence-electron chi connectivity index (χ4n) is 2.92. The molecule has 21 heavy (non-hydrogen) atoms. The molecule has 2 atom stereocenters. The lowest BCUT2D eigenvalue weighted by Crippen LogP contribution is -2.39. The van der Waals surface area contributed by atoms with Crippen LogP contribution in [0.1, 0.15) is 38.2 Å². The van der Waals surface area contributed by atoms with Crippen LogP contribution in [0.4, 0.5) is 4.79 Å². The van der Waals surface area contributed by atoms with E-state index in [1.54, 1.807) is 0 Å². The lowest BCUT2D eigenvalue weighted by atomic mass is 9.77. The van der Waals surface area contributed by atoms with Crippen molar-refractivity contribution in [1.29, 1.82) is 0 Å². The third kappa shape index (κ3) is 4.59. The zero-order valence-corrected chi connectivity index (χ0v) is 12.5. The van der Waals surface area contributed by atoms with E-state index in [2.05, 4.69) is 12.2 Å². The number of ketones is 1. The summed E-state index contributed by atoms with van der Waals surface area (Å²) in [6, 6.07) is 9.55. The zero-order valence-electron chi connectivity index (χ0n) is 12.5. The van der Waals surface area contributed by atoms with Gasteiger partial charge in [0.25, 0.3) is 0 Å². The summed E-state index contributed by atoms with van der Waals surface area (Å²) in [4.78, 5) is 23.7. The maximum absolute atomic E-state index is 12.0. The van der Waals surface area contributed by atoms with Crippen molar-refractivity contribution >= 4 is 11.9 Å². The topological polar surface area (TPSA) is 55.4 Å². The van der Waals surface area contributed by atoms with Gasteiger partial charge in [0.05, 0.1) is 0 Å². The Labute approximate surface area is 125 Å². The molecule has 0 unspecified atom stereocenters.